The molecule has 2 unspecified atom stereocenters. The van der Waals surface area contributed by atoms with Crippen LogP contribution in [0.2, 0.25) is 4.34 Å². The average Bonchev–Trinajstić information content (AvgIpc) is 2.65. The molecule has 1 aromatic heterocycles. The van der Waals surface area contributed by atoms with Crippen LogP contribution in [0.25, 0.3) is 0 Å². The highest BCUT2D eigenvalue weighted by Crippen LogP contribution is 2.33. The van der Waals surface area contributed by atoms with Gasteiger partial charge in [0.05, 0.1) is 4.34 Å². The highest BCUT2D eigenvalue weighted by Gasteiger charge is 2.18. The van der Waals surface area contributed by atoms with Gasteiger partial charge in [-0.3, -0.25) is 0 Å². The first-order valence-electron chi connectivity index (χ1n) is 5.69. The molecule has 86 valence electrons. The van der Waals surface area contributed by atoms with Crippen LogP contribution in [0.4, 0.5) is 0 Å². The Balaban J connectivity index is 2.59. The first kappa shape index (κ1) is 13.0. The Kier molecular flexibility index (Phi) is 5.65. The van der Waals surface area contributed by atoms with E-state index in [1.165, 1.54) is 24.1 Å². The van der Waals surface area contributed by atoms with Crippen LogP contribution in [-0.4, -0.2) is 0 Å². The summed E-state index contributed by atoms with van der Waals surface area (Å²) in [5.74, 6) is 0.597. The Morgan fingerprint density at radius 1 is 1.40 bits per heavy atom. The van der Waals surface area contributed by atoms with E-state index in [1.54, 1.807) is 11.3 Å². The molecule has 0 radical (unpaired) electrons. The summed E-state index contributed by atoms with van der Waals surface area (Å²) in [5.41, 5.74) is 6.26. The third-order valence-electron chi connectivity index (χ3n) is 2.88. The number of hydrogen-bond acceptors (Lipinski definition) is 2. The molecule has 0 aliphatic carbocycles. The maximum atomic E-state index is 6.26. The first-order valence-corrected chi connectivity index (χ1v) is 6.89. The smallest absolute Gasteiger partial charge is 0.0931 e. The van der Waals surface area contributed by atoms with Gasteiger partial charge in [-0.15, -0.1) is 11.3 Å². The molecule has 2 atom stereocenters. The van der Waals surface area contributed by atoms with Crippen LogP contribution < -0.4 is 5.73 Å². The summed E-state index contributed by atoms with van der Waals surface area (Å²) in [6, 6.07) is 4.17. The van der Waals surface area contributed by atoms with Crippen LogP contribution in [0.5, 0.6) is 0 Å². The molecule has 15 heavy (non-hydrogen) atoms. The lowest BCUT2D eigenvalue weighted by Crippen LogP contribution is -2.19. The van der Waals surface area contributed by atoms with E-state index in [9.17, 15) is 0 Å². The van der Waals surface area contributed by atoms with Crippen molar-refractivity contribution in [2.75, 3.05) is 0 Å². The highest BCUT2D eigenvalue weighted by atomic mass is 35.5. The Morgan fingerprint density at radius 2 is 2.13 bits per heavy atom. The summed E-state index contributed by atoms with van der Waals surface area (Å²) < 4.78 is 0.839. The predicted molar refractivity (Wildman–Crippen MR) is 69.6 cm³/mol. The Labute approximate surface area is 102 Å². The molecule has 1 rings (SSSR count). The molecule has 0 bridgehead atoms. The SMILES string of the molecule is CCCCC(CC)C(N)c1ccc(Cl)s1. The van der Waals surface area contributed by atoms with Crippen molar-refractivity contribution in [2.24, 2.45) is 11.7 Å². The summed E-state index contributed by atoms with van der Waals surface area (Å²) >= 11 is 7.53. The number of halogens is 1. The van der Waals surface area contributed by atoms with E-state index < -0.39 is 0 Å². The van der Waals surface area contributed by atoms with Crippen molar-refractivity contribution in [3.05, 3.63) is 21.3 Å². The van der Waals surface area contributed by atoms with E-state index in [0.29, 0.717) is 5.92 Å². The maximum absolute atomic E-state index is 6.26. The van der Waals surface area contributed by atoms with Crippen LogP contribution in [0.15, 0.2) is 12.1 Å². The lowest BCUT2D eigenvalue weighted by atomic mass is 9.91. The number of unbranched alkanes of at least 4 members (excludes halogenated alkanes) is 1. The fourth-order valence-corrected chi connectivity index (χ4v) is 3.00. The number of thiophene rings is 1. The molecule has 3 heteroatoms. The van der Waals surface area contributed by atoms with Gasteiger partial charge < -0.3 is 5.73 Å². The number of rotatable bonds is 6. The molecule has 0 aromatic carbocycles. The van der Waals surface area contributed by atoms with Gasteiger partial charge in [-0.25, -0.2) is 0 Å². The van der Waals surface area contributed by atoms with Gasteiger partial charge in [0.2, 0.25) is 0 Å². The van der Waals surface area contributed by atoms with Crippen molar-refractivity contribution in [3.8, 4) is 0 Å². The van der Waals surface area contributed by atoms with Gasteiger partial charge in [-0.2, -0.15) is 0 Å². The second-order valence-electron chi connectivity index (χ2n) is 3.98. The van der Waals surface area contributed by atoms with E-state index >= 15 is 0 Å². The van der Waals surface area contributed by atoms with E-state index in [2.05, 4.69) is 19.9 Å². The second-order valence-corrected chi connectivity index (χ2v) is 5.72. The molecular formula is C12H20ClNS. The summed E-state index contributed by atoms with van der Waals surface area (Å²) in [6.07, 6.45) is 4.89. The molecule has 0 aliphatic rings. The van der Waals surface area contributed by atoms with Gasteiger partial charge in [0.1, 0.15) is 0 Å². The van der Waals surface area contributed by atoms with E-state index in [4.69, 9.17) is 17.3 Å². The minimum atomic E-state index is 0.166. The van der Waals surface area contributed by atoms with Crippen LogP contribution in [0.3, 0.4) is 0 Å². The van der Waals surface area contributed by atoms with Gasteiger partial charge in [0, 0.05) is 10.9 Å². The van der Waals surface area contributed by atoms with Gasteiger partial charge >= 0.3 is 0 Å². The molecule has 0 aliphatic heterocycles. The maximum Gasteiger partial charge on any atom is 0.0931 e. The van der Waals surface area contributed by atoms with Crippen LogP contribution in [-0.2, 0) is 0 Å². The van der Waals surface area contributed by atoms with Crippen molar-refractivity contribution < 1.29 is 0 Å². The van der Waals surface area contributed by atoms with Gasteiger partial charge in [-0.1, -0.05) is 44.7 Å². The molecule has 0 spiro atoms. The van der Waals surface area contributed by atoms with Crippen molar-refractivity contribution in [1.29, 1.82) is 0 Å². The lowest BCUT2D eigenvalue weighted by Gasteiger charge is -2.21. The van der Waals surface area contributed by atoms with Crippen LogP contribution >= 0.6 is 22.9 Å². The zero-order valence-corrected chi connectivity index (χ0v) is 11.1. The zero-order valence-electron chi connectivity index (χ0n) is 9.50. The summed E-state index contributed by atoms with van der Waals surface area (Å²) in [6.45, 7) is 4.44. The average molecular weight is 246 g/mol. The summed E-state index contributed by atoms with van der Waals surface area (Å²) in [4.78, 5) is 1.22. The Morgan fingerprint density at radius 3 is 2.60 bits per heavy atom. The van der Waals surface area contributed by atoms with Crippen molar-refractivity contribution >= 4 is 22.9 Å². The molecule has 1 heterocycles. The first-order chi connectivity index (χ1) is 7.19. The standard InChI is InChI=1S/C12H20ClNS/c1-3-5-6-9(4-2)12(14)10-7-8-11(13)15-10/h7-9,12H,3-6,14H2,1-2H3. The van der Waals surface area contributed by atoms with Crippen molar-refractivity contribution in [2.45, 2.75) is 45.6 Å². The fourth-order valence-electron chi connectivity index (χ4n) is 1.84. The molecular weight excluding hydrogens is 226 g/mol. The van der Waals surface area contributed by atoms with Gasteiger partial charge in [0.15, 0.2) is 0 Å². The summed E-state index contributed by atoms with van der Waals surface area (Å²) in [7, 11) is 0. The third-order valence-corrected chi connectivity index (χ3v) is 4.22. The van der Waals surface area contributed by atoms with Crippen LogP contribution in [0, 0.1) is 5.92 Å². The van der Waals surface area contributed by atoms with Crippen molar-refractivity contribution in [3.63, 3.8) is 0 Å². The van der Waals surface area contributed by atoms with Crippen molar-refractivity contribution in [1.82, 2.24) is 0 Å². The van der Waals surface area contributed by atoms with Gasteiger partial charge in [0.25, 0.3) is 0 Å². The lowest BCUT2D eigenvalue weighted by molar-refractivity contribution is 0.382. The normalized spacial score (nSPS) is 15.2. The third kappa shape index (κ3) is 3.78. The highest BCUT2D eigenvalue weighted by molar-refractivity contribution is 7.16. The second kappa shape index (κ2) is 6.51. The van der Waals surface area contributed by atoms with E-state index in [0.717, 1.165) is 10.8 Å². The molecule has 1 nitrogen and oxygen atoms in total. The monoisotopic (exact) mass is 245 g/mol. The molecule has 0 amide bonds. The predicted octanol–water partition coefficient (Wildman–Crippen LogP) is 4.62. The van der Waals surface area contributed by atoms with E-state index in [-0.39, 0.29) is 6.04 Å². The molecule has 0 saturated carbocycles. The Hall–Kier alpha value is -0.0500. The topological polar surface area (TPSA) is 26.0 Å². The largest absolute Gasteiger partial charge is 0.323 e. The quantitative estimate of drug-likeness (QED) is 0.778. The molecule has 0 fully saturated rings. The molecule has 1 aromatic rings. The van der Waals surface area contributed by atoms with Crippen LogP contribution in [0.1, 0.15) is 50.4 Å². The molecule has 2 N–H and O–H groups in total. The minimum absolute atomic E-state index is 0.166. The zero-order chi connectivity index (χ0) is 11.3. The number of hydrogen-bond donors (Lipinski definition) is 1. The minimum Gasteiger partial charge on any atom is -0.323 e. The van der Waals surface area contributed by atoms with E-state index in [1.807, 2.05) is 6.07 Å². The fraction of sp³-hybridized carbons (Fsp3) is 0.667. The summed E-state index contributed by atoms with van der Waals surface area (Å²) in [5, 5.41) is 0. The number of nitrogens with two attached hydrogens (primary N) is 1. The Bertz CT molecular complexity index is 285. The molecule has 0 saturated heterocycles. The van der Waals surface area contributed by atoms with Gasteiger partial charge in [-0.05, 0) is 24.5 Å².